The van der Waals surface area contributed by atoms with Crippen LogP contribution in [0.1, 0.15) is 24.6 Å². The van der Waals surface area contributed by atoms with Crippen LogP contribution in [0.15, 0.2) is 24.3 Å². The monoisotopic (exact) mass is 245 g/mol. The molecule has 2 N–H and O–H groups in total. The molecule has 3 rings (SSSR count). The van der Waals surface area contributed by atoms with Crippen LogP contribution in [-0.2, 0) is 13.0 Å². The molecule has 0 radical (unpaired) electrons. The van der Waals surface area contributed by atoms with E-state index in [1.807, 2.05) is 13.0 Å². The maximum Gasteiger partial charge on any atom is 0.158 e. The Morgan fingerprint density at radius 2 is 2.00 bits per heavy atom. The molecule has 0 fully saturated rings. The van der Waals surface area contributed by atoms with Gasteiger partial charge in [-0.3, -0.25) is 0 Å². The highest BCUT2D eigenvalue weighted by Gasteiger charge is 2.37. The molecule has 1 unspecified atom stereocenters. The van der Waals surface area contributed by atoms with Crippen molar-refractivity contribution in [2.75, 3.05) is 0 Å². The normalized spacial score (nSPS) is 23.6. The zero-order valence-electron chi connectivity index (χ0n) is 10.8. The summed E-state index contributed by atoms with van der Waals surface area (Å²) in [5.74, 6) is 0. The minimum absolute atomic E-state index is 0.443. The van der Waals surface area contributed by atoms with Gasteiger partial charge < -0.3 is 14.8 Å². The van der Waals surface area contributed by atoms with Gasteiger partial charge in [0.1, 0.15) is 0 Å². The van der Waals surface area contributed by atoms with Gasteiger partial charge in [-0.2, -0.15) is 0 Å². The van der Waals surface area contributed by atoms with Crippen molar-refractivity contribution in [2.45, 2.75) is 39.5 Å². The molecule has 0 bridgehead atoms. The number of aliphatic hydroxyl groups excluding tert-OH is 1. The third-order valence-electron chi connectivity index (χ3n) is 4.43. The Hall–Kier alpha value is -1.32. The standard InChI is InChI=1S/C15H19NO2/c1-10-11-5-3-4-6-13(11)16-9-15(2,14(17)18)8-7-12(10)16/h3-6,14,17-18H,7-9H2,1-2H3. The second kappa shape index (κ2) is 3.84. The SMILES string of the molecule is Cc1c2n(c3ccccc13)CC(C)(C(O)O)CC2. The van der Waals surface area contributed by atoms with E-state index < -0.39 is 11.7 Å². The molecule has 1 aliphatic heterocycles. The van der Waals surface area contributed by atoms with Crippen LogP contribution < -0.4 is 0 Å². The number of hydrogen-bond acceptors (Lipinski definition) is 2. The molecule has 0 spiro atoms. The highest BCUT2D eigenvalue weighted by Crippen LogP contribution is 2.38. The Labute approximate surface area is 107 Å². The fraction of sp³-hybridized carbons (Fsp3) is 0.467. The van der Waals surface area contributed by atoms with Crippen LogP contribution in [0.2, 0.25) is 0 Å². The molecular weight excluding hydrogens is 226 g/mol. The largest absolute Gasteiger partial charge is 0.368 e. The number of hydrogen-bond donors (Lipinski definition) is 2. The molecule has 96 valence electrons. The molecule has 2 aromatic rings. The van der Waals surface area contributed by atoms with Crippen LogP contribution in [0.25, 0.3) is 10.9 Å². The van der Waals surface area contributed by atoms with E-state index >= 15 is 0 Å². The first-order valence-corrected chi connectivity index (χ1v) is 6.46. The van der Waals surface area contributed by atoms with Crippen LogP contribution in [0, 0.1) is 12.3 Å². The van der Waals surface area contributed by atoms with E-state index in [0.717, 1.165) is 12.8 Å². The minimum atomic E-state index is -1.26. The van der Waals surface area contributed by atoms with Crippen molar-refractivity contribution in [3.63, 3.8) is 0 Å². The van der Waals surface area contributed by atoms with E-state index in [-0.39, 0.29) is 0 Å². The smallest absolute Gasteiger partial charge is 0.158 e. The number of aromatic nitrogens is 1. The quantitative estimate of drug-likeness (QED) is 0.757. The number of nitrogens with zero attached hydrogens (tertiary/aromatic N) is 1. The third kappa shape index (κ3) is 1.51. The summed E-state index contributed by atoms with van der Waals surface area (Å²) in [5, 5.41) is 20.4. The molecule has 18 heavy (non-hydrogen) atoms. The Balaban J connectivity index is 2.19. The van der Waals surface area contributed by atoms with Crippen molar-refractivity contribution in [3.8, 4) is 0 Å². The summed E-state index contributed by atoms with van der Waals surface area (Å²) < 4.78 is 2.26. The van der Waals surface area contributed by atoms with Crippen LogP contribution >= 0.6 is 0 Å². The minimum Gasteiger partial charge on any atom is -0.368 e. The molecule has 1 aromatic heterocycles. The zero-order chi connectivity index (χ0) is 12.9. The van der Waals surface area contributed by atoms with Crippen LogP contribution in [0.4, 0.5) is 0 Å². The van der Waals surface area contributed by atoms with Gasteiger partial charge in [0.2, 0.25) is 0 Å². The first-order chi connectivity index (χ1) is 8.53. The molecular formula is C15H19NO2. The topological polar surface area (TPSA) is 45.4 Å². The summed E-state index contributed by atoms with van der Waals surface area (Å²) in [6.07, 6.45) is 0.475. The second-order valence-electron chi connectivity index (χ2n) is 5.70. The van der Waals surface area contributed by atoms with Gasteiger partial charge in [0, 0.05) is 28.6 Å². The van der Waals surface area contributed by atoms with Gasteiger partial charge in [0.05, 0.1) is 0 Å². The van der Waals surface area contributed by atoms with Crippen molar-refractivity contribution in [1.82, 2.24) is 4.57 Å². The van der Waals surface area contributed by atoms with Crippen LogP contribution in [0.3, 0.4) is 0 Å². The fourth-order valence-electron chi connectivity index (χ4n) is 3.09. The van der Waals surface area contributed by atoms with Crippen molar-refractivity contribution in [2.24, 2.45) is 5.41 Å². The van der Waals surface area contributed by atoms with Gasteiger partial charge in [-0.15, -0.1) is 0 Å². The summed E-state index contributed by atoms with van der Waals surface area (Å²) in [6, 6.07) is 8.35. The van der Waals surface area contributed by atoms with Gasteiger partial charge in [-0.25, -0.2) is 0 Å². The molecule has 0 amide bonds. The lowest BCUT2D eigenvalue weighted by atomic mass is 9.81. The molecule has 1 aliphatic rings. The lowest BCUT2D eigenvalue weighted by Crippen LogP contribution is -2.40. The van der Waals surface area contributed by atoms with Gasteiger partial charge in [-0.05, 0) is 31.4 Å². The first kappa shape index (κ1) is 11.8. The molecule has 0 saturated carbocycles. The first-order valence-electron chi connectivity index (χ1n) is 6.46. The molecule has 1 aromatic carbocycles. The molecule has 0 saturated heterocycles. The molecule has 0 aliphatic carbocycles. The second-order valence-corrected chi connectivity index (χ2v) is 5.70. The van der Waals surface area contributed by atoms with Crippen molar-refractivity contribution < 1.29 is 10.2 Å². The maximum atomic E-state index is 9.58. The zero-order valence-corrected chi connectivity index (χ0v) is 10.8. The van der Waals surface area contributed by atoms with E-state index in [1.54, 1.807) is 0 Å². The average molecular weight is 245 g/mol. The van der Waals surface area contributed by atoms with Gasteiger partial charge in [-0.1, -0.05) is 25.1 Å². The van der Waals surface area contributed by atoms with Gasteiger partial charge in [0.15, 0.2) is 6.29 Å². The lowest BCUT2D eigenvalue weighted by molar-refractivity contribution is -0.140. The van der Waals surface area contributed by atoms with Gasteiger partial charge >= 0.3 is 0 Å². The predicted octanol–water partition coefficient (Wildman–Crippen LogP) is 2.21. The highest BCUT2D eigenvalue weighted by atomic mass is 16.5. The van der Waals surface area contributed by atoms with Crippen molar-refractivity contribution >= 4 is 10.9 Å². The predicted molar refractivity (Wildman–Crippen MR) is 71.3 cm³/mol. The Morgan fingerprint density at radius 1 is 1.28 bits per heavy atom. The Morgan fingerprint density at radius 3 is 2.72 bits per heavy atom. The number of fused-ring (bicyclic) bond motifs is 3. The van der Waals surface area contributed by atoms with E-state index in [4.69, 9.17) is 0 Å². The van der Waals surface area contributed by atoms with Crippen LogP contribution in [-0.4, -0.2) is 21.1 Å². The number of benzene rings is 1. The van der Waals surface area contributed by atoms with Crippen molar-refractivity contribution in [3.05, 3.63) is 35.5 Å². The summed E-state index contributed by atoms with van der Waals surface area (Å²) in [6.45, 7) is 4.78. The number of rotatable bonds is 1. The lowest BCUT2D eigenvalue weighted by Gasteiger charge is -2.37. The number of aliphatic hydroxyl groups is 2. The fourth-order valence-corrected chi connectivity index (χ4v) is 3.09. The van der Waals surface area contributed by atoms with Gasteiger partial charge in [0.25, 0.3) is 0 Å². The average Bonchev–Trinajstić information content (AvgIpc) is 2.63. The maximum absolute atomic E-state index is 9.58. The summed E-state index contributed by atoms with van der Waals surface area (Å²) in [4.78, 5) is 0. The Bertz CT molecular complexity index is 600. The molecule has 1 atom stereocenters. The van der Waals surface area contributed by atoms with E-state index in [2.05, 4.69) is 29.7 Å². The number of aryl methyl sites for hydroxylation is 1. The number of para-hydroxylation sites is 1. The van der Waals surface area contributed by atoms with E-state index in [1.165, 1.54) is 22.2 Å². The van der Waals surface area contributed by atoms with E-state index in [0.29, 0.717) is 6.54 Å². The van der Waals surface area contributed by atoms with Crippen LogP contribution in [0.5, 0.6) is 0 Å². The molecule has 2 heterocycles. The van der Waals surface area contributed by atoms with E-state index in [9.17, 15) is 10.2 Å². The summed E-state index contributed by atoms with van der Waals surface area (Å²) in [5.41, 5.74) is 3.44. The van der Waals surface area contributed by atoms with Crippen molar-refractivity contribution in [1.29, 1.82) is 0 Å². The highest BCUT2D eigenvalue weighted by molar-refractivity contribution is 5.85. The molecule has 3 heteroatoms. The Kier molecular flexibility index (Phi) is 2.50. The molecule has 3 nitrogen and oxygen atoms in total. The summed E-state index contributed by atoms with van der Waals surface area (Å²) in [7, 11) is 0. The third-order valence-corrected chi connectivity index (χ3v) is 4.43. The summed E-state index contributed by atoms with van der Waals surface area (Å²) >= 11 is 0.